The third-order valence-electron chi connectivity index (χ3n) is 2.24. The minimum absolute atomic E-state index is 0.228. The number of amides is 1. The van der Waals surface area contributed by atoms with Gasteiger partial charge in [0.1, 0.15) is 5.76 Å². The molecule has 1 rings (SSSR count). The maximum absolute atomic E-state index is 11.4. The van der Waals surface area contributed by atoms with E-state index in [2.05, 4.69) is 16.9 Å². The molecule has 16 heavy (non-hydrogen) atoms. The fourth-order valence-corrected chi connectivity index (χ4v) is 1.20. The Labute approximate surface area is 94.7 Å². The molecule has 3 N–H and O–H groups in total. The second-order valence-electron chi connectivity index (χ2n) is 3.60. The summed E-state index contributed by atoms with van der Waals surface area (Å²) in [4.78, 5) is 15.6. The van der Waals surface area contributed by atoms with E-state index >= 15 is 0 Å². The molecule has 1 amide bonds. The summed E-state index contributed by atoms with van der Waals surface area (Å²) in [6.45, 7) is 7.47. The highest BCUT2D eigenvalue weighted by Crippen LogP contribution is 2.07. The molecule has 0 saturated carbocycles. The van der Waals surface area contributed by atoms with Gasteiger partial charge in [0.25, 0.3) is 0 Å². The molecule has 1 unspecified atom stereocenters. The number of oxazole rings is 1. The largest absolute Gasteiger partial charge is 0.444 e. The number of carbonyl (C=O) groups is 1. The zero-order valence-corrected chi connectivity index (χ0v) is 9.62. The zero-order valence-electron chi connectivity index (χ0n) is 9.62. The first-order chi connectivity index (χ1) is 7.54. The molecule has 1 heterocycles. The van der Waals surface area contributed by atoms with Crippen molar-refractivity contribution < 1.29 is 9.21 Å². The molecular formula is C11H17N3O2. The molecule has 0 aliphatic heterocycles. The molecular weight excluding hydrogens is 206 g/mol. The van der Waals surface area contributed by atoms with E-state index in [1.165, 1.54) is 0 Å². The van der Waals surface area contributed by atoms with Crippen LogP contribution in [0.5, 0.6) is 0 Å². The average molecular weight is 223 g/mol. The summed E-state index contributed by atoms with van der Waals surface area (Å²) in [6, 6.07) is -0.561. The molecule has 0 aliphatic carbocycles. The topological polar surface area (TPSA) is 81.2 Å². The fraction of sp³-hybridized carbons (Fsp3) is 0.455. The molecule has 5 heteroatoms. The zero-order chi connectivity index (χ0) is 12.1. The Kier molecular flexibility index (Phi) is 4.25. The molecule has 0 saturated heterocycles. The normalized spacial score (nSPS) is 12.2. The van der Waals surface area contributed by atoms with Crippen molar-refractivity contribution in [2.75, 3.05) is 0 Å². The number of carbonyl (C=O) groups excluding carboxylic acids is 1. The van der Waals surface area contributed by atoms with Gasteiger partial charge in [0.2, 0.25) is 11.8 Å². The van der Waals surface area contributed by atoms with Crippen LogP contribution >= 0.6 is 0 Å². The van der Waals surface area contributed by atoms with Crippen LogP contribution in [0.3, 0.4) is 0 Å². The van der Waals surface area contributed by atoms with E-state index in [0.717, 1.165) is 11.5 Å². The van der Waals surface area contributed by atoms with Crippen molar-refractivity contribution in [1.82, 2.24) is 10.3 Å². The fourth-order valence-electron chi connectivity index (χ4n) is 1.20. The number of nitrogens with zero attached hydrogens (tertiary/aromatic N) is 1. The Hall–Kier alpha value is -1.62. The summed E-state index contributed by atoms with van der Waals surface area (Å²) in [6.07, 6.45) is 2.07. The van der Waals surface area contributed by atoms with Gasteiger partial charge in [-0.1, -0.05) is 6.08 Å². The third-order valence-corrected chi connectivity index (χ3v) is 2.24. The van der Waals surface area contributed by atoms with Gasteiger partial charge in [0.05, 0.1) is 18.3 Å². The predicted molar refractivity (Wildman–Crippen MR) is 60.6 cm³/mol. The van der Waals surface area contributed by atoms with E-state index in [0.29, 0.717) is 12.3 Å². The van der Waals surface area contributed by atoms with Gasteiger partial charge >= 0.3 is 0 Å². The molecule has 5 nitrogen and oxygen atoms in total. The minimum atomic E-state index is -0.561. The van der Waals surface area contributed by atoms with E-state index < -0.39 is 6.04 Å². The van der Waals surface area contributed by atoms with Gasteiger partial charge in [0.15, 0.2) is 0 Å². The van der Waals surface area contributed by atoms with Crippen LogP contribution in [0.4, 0.5) is 0 Å². The number of nitrogens with one attached hydrogen (secondary N) is 1. The van der Waals surface area contributed by atoms with Crippen LogP contribution in [0.1, 0.15) is 23.8 Å². The van der Waals surface area contributed by atoms with Crippen molar-refractivity contribution in [2.45, 2.75) is 32.9 Å². The minimum Gasteiger partial charge on any atom is -0.444 e. The average Bonchev–Trinajstić information content (AvgIpc) is 2.55. The second-order valence-corrected chi connectivity index (χ2v) is 3.60. The van der Waals surface area contributed by atoms with Gasteiger partial charge < -0.3 is 15.5 Å². The number of rotatable bonds is 5. The summed E-state index contributed by atoms with van der Waals surface area (Å²) < 4.78 is 5.32. The maximum atomic E-state index is 11.4. The molecule has 0 aliphatic rings. The second kappa shape index (κ2) is 5.46. The quantitative estimate of drug-likeness (QED) is 0.724. The Balaban J connectivity index is 2.45. The number of hydrogen-bond acceptors (Lipinski definition) is 4. The van der Waals surface area contributed by atoms with Gasteiger partial charge in [-0.2, -0.15) is 0 Å². The van der Waals surface area contributed by atoms with Crippen LogP contribution < -0.4 is 11.1 Å². The lowest BCUT2D eigenvalue weighted by molar-refractivity contribution is -0.122. The van der Waals surface area contributed by atoms with Crippen molar-refractivity contribution in [3.8, 4) is 0 Å². The van der Waals surface area contributed by atoms with Gasteiger partial charge in [-0.05, 0) is 20.3 Å². The van der Waals surface area contributed by atoms with Crippen molar-refractivity contribution >= 4 is 5.91 Å². The Morgan fingerprint density at radius 2 is 2.38 bits per heavy atom. The highest BCUT2D eigenvalue weighted by Gasteiger charge is 2.12. The molecule has 0 aromatic carbocycles. The van der Waals surface area contributed by atoms with Crippen LogP contribution in [0.15, 0.2) is 17.1 Å². The lowest BCUT2D eigenvalue weighted by atomic mass is 10.2. The molecule has 1 aromatic rings. The summed E-state index contributed by atoms with van der Waals surface area (Å²) in [7, 11) is 0. The molecule has 1 aromatic heterocycles. The summed E-state index contributed by atoms with van der Waals surface area (Å²) in [5.41, 5.74) is 6.43. The molecule has 0 bridgehead atoms. The maximum Gasteiger partial charge on any atom is 0.237 e. The van der Waals surface area contributed by atoms with Gasteiger partial charge in [-0.3, -0.25) is 4.79 Å². The lowest BCUT2D eigenvalue weighted by Crippen LogP contribution is -2.39. The van der Waals surface area contributed by atoms with E-state index in [9.17, 15) is 4.79 Å². The highest BCUT2D eigenvalue weighted by molar-refractivity contribution is 5.81. The van der Waals surface area contributed by atoms with Gasteiger partial charge in [-0.15, -0.1) is 6.58 Å². The smallest absolute Gasteiger partial charge is 0.237 e. The Bertz CT molecular complexity index is 365. The number of aryl methyl sites for hydroxylation is 2. The van der Waals surface area contributed by atoms with Crippen molar-refractivity contribution in [3.05, 3.63) is 30.0 Å². The first-order valence-electron chi connectivity index (χ1n) is 5.11. The third kappa shape index (κ3) is 3.20. The lowest BCUT2D eigenvalue weighted by Gasteiger charge is -2.08. The number of hydrogen-bond donors (Lipinski definition) is 2. The first kappa shape index (κ1) is 12.4. The van der Waals surface area contributed by atoms with Gasteiger partial charge in [0, 0.05) is 0 Å². The van der Waals surface area contributed by atoms with E-state index in [-0.39, 0.29) is 12.5 Å². The predicted octanol–water partition coefficient (Wildman–Crippen LogP) is 0.811. The molecule has 0 fully saturated rings. The van der Waals surface area contributed by atoms with Gasteiger partial charge in [-0.25, -0.2) is 4.98 Å². The Morgan fingerprint density at radius 3 is 2.88 bits per heavy atom. The molecule has 1 atom stereocenters. The highest BCUT2D eigenvalue weighted by atomic mass is 16.4. The standard InChI is InChI=1S/C11H17N3O2/c1-4-5-9(12)11(15)13-6-10-14-7(2)8(3)16-10/h4,9H,1,5-6,12H2,2-3H3,(H,13,15). The van der Waals surface area contributed by atoms with E-state index in [4.69, 9.17) is 10.2 Å². The Morgan fingerprint density at radius 1 is 1.69 bits per heavy atom. The number of aromatic nitrogens is 1. The van der Waals surface area contributed by atoms with Crippen LogP contribution in [-0.2, 0) is 11.3 Å². The van der Waals surface area contributed by atoms with Crippen LogP contribution in [0.25, 0.3) is 0 Å². The van der Waals surface area contributed by atoms with Crippen molar-refractivity contribution in [1.29, 1.82) is 0 Å². The van der Waals surface area contributed by atoms with Crippen LogP contribution in [0, 0.1) is 13.8 Å². The van der Waals surface area contributed by atoms with Crippen LogP contribution in [-0.4, -0.2) is 16.9 Å². The molecule has 0 radical (unpaired) electrons. The summed E-state index contributed by atoms with van der Waals surface area (Å²) in [5.74, 6) is 1.03. The molecule has 88 valence electrons. The van der Waals surface area contributed by atoms with E-state index in [1.807, 2.05) is 13.8 Å². The summed E-state index contributed by atoms with van der Waals surface area (Å²) in [5, 5.41) is 2.66. The monoisotopic (exact) mass is 223 g/mol. The van der Waals surface area contributed by atoms with E-state index in [1.54, 1.807) is 6.08 Å². The van der Waals surface area contributed by atoms with Crippen molar-refractivity contribution in [2.24, 2.45) is 5.73 Å². The number of nitrogens with two attached hydrogens (primary N) is 1. The van der Waals surface area contributed by atoms with Crippen molar-refractivity contribution in [3.63, 3.8) is 0 Å². The molecule has 0 spiro atoms. The van der Waals surface area contributed by atoms with Crippen LogP contribution in [0.2, 0.25) is 0 Å². The first-order valence-corrected chi connectivity index (χ1v) is 5.11. The summed E-state index contributed by atoms with van der Waals surface area (Å²) >= 11 is 0. The SMILES string of the molecule is C=CCC(N)C(=O)NCc1nc(C)c(C)o1.